The molecule has 2 amide bonds. The zero-order valence-electron chi connectivity index (χ0n) is 11.0. The van der Waals surface area contributed by atoms with E-state index in [1.807, 2.05) is 6.92 Å². The zero-order valence-corrected chi connectivity index (χ0v) is 13.4. The summed E-state index contributed by atoms with van der Waals surface area (Å²) in [5.41, 5.74) is 0.253. The predicted molar refractivity (Wildman–Crippen MR) is 83.8 cm³/mol. The van der Waals surface area contributed by atoms with Gasteiger partial charge in [0.2, 0.25) is 0 Å². The molecule has 0 radical (unpaired) electrons. The zero-order chi connectivity index (χ0) is 15.4. The fourth-order valence-electron chi connectivity index (χ4n) is 1.61. The lowest BCUT2D eigenvalue weighted by atomic mass is 10.2. The first-order valence-corrected chi connectivity index (χ1v) is 7.55. The van der Waals surface area contributed by atoms with Crippen LogP contribution >= 0.6 is 27.3 Å². The number of carboxylic acid groups (broad SMARTS) is 1. The van der Waals surface area contributed by atoms with Crippen LogP contribution in [-0.2, 0) is 6.54 Å². The summed E-state index contributed by atoms with van der Waals surface area (Å²) in [5, 5.41) is 15.1. The molecule has 21 heavy (non-hydrogen) atoms. The first-order valence-electron chi connectivity index (χ1n) is 5.94. The maximum absolute atomic E-state index is 11.8. The van der Waals surface area contributed by atoms with Crippen molar-refractivity contribution in [1.29, 1.82) is 0 Å². The Morgan fingerprint density at radius 1 is 1.43 bits per heavy atom. The summed E-state index contributed by atoms with van der Waals surface area (Å²) >= 11 is 4.69. The quantitative estimate of drug-likeness (QED) is 0.771. The van der Waals surface area contributed by atoms with Crippen molar-refractivity contribution in [2.45, 2.75) is 13.5 Å². The molecule has 2 rings (SSSR count). The van der Waals surface area contributed by atoms with E-state index in [1.165, 1.54) is 23.5 Å². The van der Waals surface area contributed by atoms with Gasteiger partial charge in [0.05, 0.1) is 17.8 Å². The number of carbonyl (C=O) groups excluding carboxylic acids is 1. The molecule has 110 valence electrons. The summed E-state index contributed by atoms with van der Waals surface area (Å²) in [6.07, 6.45) is 1.73. The summed E-state index contributed by atoms with van der Waals surface area (Å²) < 4.78 is 0.629. The van der Waals surface area contributed by atoms with Crippen molar-refractivity contribution in [3.8, 4) is 0 Å². The van der Waals surface area contributed by atoms with Gasteiger partial charge >= 0.3 is 12.0 Å². The Kier molecular flexibility index (Phi) is 4.92. The predicted octanol–water partition coefficient (Wildman–Crippen LogP) is 3.23. The third kappa shape index (κ3) is 4.27. The number of carboxylic acids is 1. The highest BCUT2D eigenvalue weighted by Gasteiger charge is 2.13. The number of benzene rings is 1. The molecule has 0 spiro atoms. The average Bonchev–Trinajstić information content (AvgIpc) is 2.84. The van der Waals surface area contributed by atoms with Gasteiger partial charge in [-0.2, -0.15) is 0 Å². The van der Waals surface area contributed by atoms with Gasteiger partial charge < -0.3 is 15.7 Å². The van der Waals surface area contributed by atoms with Crippen LogP contribution in [0.4, 0.5) is 10.5 Å². The number of halogens is 1. The third-order valence-electron chi connectivity index (χ3n) is 2.53. The molecule has 3 N–H and O–H groups in total. The van der Waals surface area contributed by atoms with Crippen LogP contribution in [0.3, 0.4) is 0 Å². The van der Waals surface area contributed by atoms with Crippen molar-refractivity contribution in [3.63, 3.8) is 0 Å². The molecule has 1 heterocycles. The summed E-state index contributed by atoms with van der Waals surface area (Å²) in [6, 6.07) is 4.14. The van der Waals surface area contributed by atoms with Crippen LogP contribution in [0, 0.1) is 6.92 Å². The number of aryl methyl sites for hydroxylation is 1. The van der Waals surface area contributed by atoms with Crippen LogP contribution in [0.15, 0.2) is 28.9 Å². The van der Waals surface area contributed by atoms with Crippen LogP contribution in [0.25, 0.3) is 0 Å². The molecule has 8 heteroatoms. The number of aromatic nitrogens is 1. The van der Waals surface area contributed by atoms with Crippen LogP contribution < -0.4 is 10.6 Å². The highest BCUT2D eigenvalue weighted by molar-refractivity contribution is 9.10. The second-order valence-corrected chi connectivity index (χ2v) is 6.40. The monoisotopic (exact) mass is 369 g/mol. The SMILES string of the molecule is Cc1cnc(CNC(=O)Nc2ccc(Br)cc2C(=O)O)s1. The van der Waals surface area contributed by atoms with E-state index in [1.54, 1.807) is 12.3 Å². The van der Waals surface area contributed by atoms with Crippen LogP contribution in [0.5, 0.6) is 0 Å². The molecule has 0 unspecified atom stereocenters. The van der Waals surface area contributed by atoms with Gasteiger partial charge in [-0.3, -0.25) is 0 Å². The number of amides is 2. The lowest BCUT2D eigenvalue weighted by Gasteiger charge is -2.09. The Morgan fingerprint density at radius 2 is 2.19 bits per heavy atom. The van der Waals surface area contributed by atoms with Gasteiger partial charge in [0.1, 0.15) is 5.01 Å². The van der Waals surface area contributed by atoms with Crippen LogP contribution in [-0.4, -0.2) is 22.1 Å². The highest BCUT2D eigenvalue weighted by Crippen LogP contribution is 2.21. The number of urea groups is 1. The number of hydrogen-bond donors (Lipinski definition) is 3. The smallest absolute Gasteiger partial charge is 0.337 e. The van der Waals surface area contributed by atoms with Crippen LogP contribution in [0.2, 0.25) is 0 Å². The number of carbonyl (C=O) groups is 2. The Labute approximate surface area is 133 Å². The second kappa shape index (κ2) is 6.68. The van der Waals surface area contributed by atoms with Gasteiger partial charge in [-0.15, -0.1) is 11.3 Å². The van der Waals surface area contributed by atoms with Gasteiger partial charge in [-0.25, -0.2) is 14.6 Å². The molecular weight excluding hydrogens is 358 g/mol. The molecule has 1 aromatic heterocycles. The van der Waals surface area contributed by atoms with E-state index in [4.69, 9.17) is 5.11 Å². The maximum atomic E-state index is 11.8. The number of thiazole rings is 1. The largest absolute Gasteiger partial charge is 0.478 e. The normalized spacial score (nSPS) is 10.2. The molecule has 0 saturated carbocycles. The summed E-state index contributed by atoms with van der Waals surface area (Å²) in [6.45, 7) is 2.23. The summed E-state index contributed by atoms with van der Waals surface area (Å²) in [7, 11) is 0. The fraction of sp³-hybridized carbons (Fsp3) is 0.154. The molecule has 0 aliphatic heterocycles. The molecule has 1 aromatic carbocycles. The average molecular weight is 370 g/mol. The summed E-state index contributed by atoms with van der Waals surface area (Å²) in [4.78, 5) is 28.1. The molecule has 0 atom stereocenters. The molecule has 0 aliphatic rings. The van der Waals surface area contributed by atoms with E-state index in [0.717, 1.165) is 9.88 Å². The number of nitrogens with zero attached hydrogens (tertiary/aromatic N) is 1. The molecule has 6 nitrogen and oxygen atoms in total. The van der Waals surface area contributed by atoms with E-state index in [-0.39, 0.29) is 11.3 Å². The number of anilines is 1. The molecule has 0 saturated heterocycles. The van der Waals surface area contributed by atoms with Crippen molar-refractivity contribution in [2.75, 3.05) is 5.32 Å². The molecule has 0 bridgehead atoms. The van der Waals surface area contributed by atoms with Gasteiger partial charge in [-0.1, -0.05) is 15.9 Å². The molecular formula is C13H12BrN3O3S. The van der Waals surface area contributed by atoms with Crippen molar-refractivity contribution in [2.24, 2.45) is 0 Å². The standard InChI is InChI=1S/C13H12BrN3O3S/c1-7-5-15-11(21-7)6-16-13(20)17-10-3-2-8(14)4-9(10)12(18)19/h2-5H,6H2,1H3,(H,18,19)(H2,16,17,20). The van der Waals surface area contributed by atoms with Crippen molar-refractivity contribution in [3.05, 3.63) is 44.3 Å². The van der Waals surface area contributed by atoms with E-state index < -0.39 is 12.0 Å². The number of nitrogens with one attached hydrogen (secondary N) is 2. The van der Waals surface area contributed by atoms with E-state index in [2.05, 4.69) is 31.5 Å². The minimum Gasteiger partial charge on any atom is -0.478 e. The topological polar surface area (TPSA) is 91.3 Å². The highest BCUT2D eigenvalue weighted by atomic mass is 79.9. The molecule has 0 fully saturated rings. The number of hydrogen-bond acceptors (Lipinski definition) is 4. The van der Waals surface area contributed by atoms with E-state index in [0.29, 0.717) is 11.0 Å². The lowest BCUT2D eigenvalue weighted by molar-refractivity contribution is 0.0698. The van der Waals surface area contributed by atoms with E-state index >= 15 is 0 Å². The molecule has 0 aliphatic carbocycles. The van der Waals surface area contributed by atoms with Gasteiger partial charge in [0.25, 0.3) is 0 Å². The van der Waals surface area contributed by atoms with Gasteiger partial charge in [-0.05, 0) is 25.1 Å². The second-order valence-electron chi connectivity index (χ2n) is 4.17. The van der Waals surface area contributed by atoms with Crippen molar-refractivity contribution >= 4 is 45.0 Å². The Balaban J connectivity index is 2.01. The van der Waals surface area contributed by atoms with Crippen LogP contribution in [0.1, 0.15) is 20.2 Å². The molecule has 2 aromatic rings. The van der Waals surface area contributed by atoms with Gasteiger partial charge in [0.15, 0.2) is 0 Å². The van der Waals surface area contributed by atoms with Crippen molar-refractivity contribution < 1.29 is 14.7 Å². The fourth-order valence-corrected chi connectivity index (χ4v) is 2.70. The Morgan fingerprint density at radius 3 is 2.81 bits per heavy atom. The third-order valence-corrected chi connectivity index (χ3v) is 3.94. The number of rotatable bonds is 4. The van der Waals surface area contributed by atoms with E-state index in [9.17, 15) is 9.59 Å². The van der Waals surface area contributed by atoms with Crippen molar-refractivity contribution in [1.82, 2.24) is 10.3 Å². The maximum Gasteiger partial charge on any atom is 0.337 e. The Hall–Kier alpha value is -1.93. The Bertz CT molecular complexity index is 687. The first-order chi connectivity index (χ1) is 9.95. The number of aromatic carboxylic acids is 1. The first kappa shape index (κ1) is 15.5. The van der Waals surface area contributed by atoms with Gasteiger partial charge in [0, 0.05) is 15.5 Å². The minimum absolute atomic E-state index is 0.0182. The summed E-state index contributed by atoms with van der Waals surface area (Å²) in [5.74, 6) is -1.11. The lowest BCUT2D eigenvalue weighted by Crippen LogP contribution is -2.28. The minimum atomic E-state index is -1.11.